The quantitative estimate of drug-likeness (QED) is 0.695. The van der Waals surface area contributed by atoms with Gasteiger partial charge in [0.05, 0.1) is 16.8 Å². The van der Waals surface area contributed by atoms with E-state index >= 15 is 0 Å². The predicted octanol–water partition coefficient (Wildman–Crippen LogP) is 0.777. The lowest BCUT2D eigenvalue weighted by Crippen LogP contribution is -2.53. The molecule has 110 valence electrons. The van der Waals surface area contributed by atoms with Crippen LogP contribution in [0.15, 0.2) is 18.2 Å². The van der Waals surface area contributed by atoms with Crippen molar-refractivity contribution in [2.24, 2.45) is 0 Å². The summed E-state index contributed by atoms with van der Waals surface area (Å²) in [5, 5.41) is 28.7. The second-order valence-corrected chi connectivity index (χ2v) is 5.58. The van der Waals surface area contributed by atoms with Crippen LogP contribution >= 0.6 is 0 Å². The molecule has 0 atom stereocenters. The lowest BCUT2D eigenvalue weighted by Gasteiger charge is -2.38. The summed E-state index contributed by atoms with van der Waals surface area (Å²) in [6, 6.07) is 3.18. The van der Waals surface area contributed by atoms with Gasteiger partial charge in [-0.25, -0.2) is 9.18 Å². The Labute approximate surface area is 117 Å². The molecule has 0 heterocycles. The molecule has 1 rings (SSSR count). The third-order valence-electron chi connectivity index (χ3n) is 3.39. The first kappa shape index (κ1) is 16.6. The van der Waals surface area contributed by atoms with Crippen LogP contribution in [0, 0.1) is 5.82 Å². The molecular formula is C13H18BFO5. The fourth-order valence-electron chi connectivity index (χ4n) is 1.35. The van der Waals surface area contributed by atoms with Crippen molar-refractivity contribution in [3.05, 3.63) is 29.6 Å². The maximum Gasteiger partial charge on any atom is 0.491 e. The summed E-state index contributed by atoms with van der Waals surface area (Å²) in [6.07, 6.45) is 0. The lowest BCUT2D eigenvalue weighted by atomic mass is 9.76. The number of carbonyl (C=O) groups is 1. The van der Waals surface area contributed by atoms with Gasteiger partial charge in [-0.2, -0.15) is 0 Å². The fraction of sp³-hybridized carbons (Fsp3) is 0.462. The highest BCUT2D eigenvalue weighted by Gasteiger charge is 2.39. The van der Waals surface area contributed by atoms with Crippen LogP contribution in [0.5, 0.6) is 0 Å². The minimum Gasteiger partial charge on any atom is -0.478 e. The minimum absolute atomic E-state index is 0.0983. The van der Waals surface area contributed by atoms with Gasteiger partial charge >= 0.3 is 13.1 Å². The molecule has 0 aliphatic rings. The molecule has 0 aromatic heterocycles. The monoisotopic (exact) mass is 284 g/mol. The number of carboxylic acid groups (broad SMARTS) is 1. The summed E-state index contributed by atoms with van der Waals surface area (Å²) in [5.41, 5.74) is -2.78. The topological polar surface area (TPSA) is 87.0 Å². The van der Waals surface area contributed by atoms with Crippen LogP contribution in [-0.2, 0) is 4.65 Å². The van der Waals surface area contributed by atoms with Crippen molar-refractivity contribution in [1.82, 2.24) is 0 Å². The van der Waals surface area contributed by atoms with E-state index in [9.17, 15) is 19.3 Å². The molecule has 1 aromatic carbocycles. The van der Waals surface area contributed by atoms with Crippen LogP contribution in [0.3, 0.4) is 0 Å². The van der Waals surface area contributed by atoms with Gasteiger partial charge < -0.3 is 19.9 Å². The number of hydrogen-bond acceptors (Lipinski definition) is 4. The summed E-state index contributed by atoms with van der Waals surface area (Å²) in [4.78, 5) is 10.8. The molecule has 20 heavy (non-hydrogen) atoms. The van der Waals surface area contributed by atoms with Gasteiger partial charge in [0.15, 0.2) is 0 Å². The molecule has 0 bridgehead atoms. The first-order valence-electron chi connectivity index (χ1n) is 6.07. The van der Waals surface area contributed by atoms with Gasteiger partial charge in [0.2, 0.25) is 0 Å². The molecule has 0 fully saturated rings. The molecule has 0 aliphatic carbocycles. The van der Waals surface area contributed by atoms with E-state index < -0.39 is 35.7 Å². The number of aromatic carboxylic acids is 1. The Kier molecular flexibility index (Phi) is 4.58. The first-order valence-corrected chi connectivity index (χ1v) is 6.07. The Morgan fingerprint density at radius 2 is 1.85 bits per heavy atom. The van der Waals surface area contributed by atoms with Crippen LogP contribution in [0.2, 0.25) is 0 Å². The number of hydrogen-bond donors (Lipinski definition) is 3. The van der Waals surface area contributed by atoms with E-state index in [1.165, 1.54) is 19.9 Å². The van der Waals surface area contributed by atoms with Crippen molar-refractivity contribution in [3.63, 3.8) is 0 Å². The Hall–Kier alpha value is -1.44. The number of aliphatic hydroxyl groups is 1. The average Bonchev–Trinajstić information content (AvgIpc) is 2.26. The predicted molar refractivity (Wildman–Crippen MR) is 72.4 cm³/mol. The summed E-state index contributed by atoms with van der Waals surface area (Å²) in [6.45, 7) is 6.20. The molecule has 0 amide bonds. The molecule has 3 N–H and O–H groups in total. The van der Waals surface area contributed by atoms with Gasteiger partial charge in [0.1, 0.15) is 5.82 Å². The zero-order valence-electron chi connectivity index (χ0n) is 11.8. The van der Waals surface area contributed by atoms with Crippen LogP contribution in [0.1, 0.15) is 38.1 Å². The highest BCUT2D eigenvalue weighted by atomic mass is 19.1. The summed E-state index contributed by atoms with van der Waals surface area (Å²) in [7, 11) is -1.48. The minimum atomic E-state index is -1.48. The van der Waals surface area contributed by atoms with Gasteiger partial charge in [-0.1, -0.05) is 6.07 Å². The second kappa shape index (κ2) is 5.51. The van der Waals surface area contributed by atoms with Crippen molar-refractivity contribution in [2.45, 2.75) is 38.9 Å². The van der Waals surface area contributed by atoms with E-state index in [0.29, 0.717) is 0 Å². The van der Waals surface area contributed by atoms with Crippen molar-refractivity contribution < 1.29 is 29.1 Å². The highest BCUT2D eigenvalue weighted by molar-refractivity contribution is 6.60. The number of halogens is 1. The molecular weight excluding hydrogens is 266 g/mol. The molecule has 7 heteroatoms. The van der Waals surface area contributed by atoms with E-state index in [2.05, 4.69) is 0 Å². The smallest absolute Gasteiger partial charge is 0.478 e. The molecule has 0 radical (unpaired) electrons. The van der Waals surface area contributed by atoms with E-state index in [4.69, 9.17) is 9.76 Å². The zero-order valence-corrected chi connectivity index (χ0v) is 11.8. The van der Waals surface area contributed by atoms with Gasteiger partial charge in [-0.3, -0.25) is 0 Å². The largest absolute Gasteiger partial charge is 0.491 e. The highest BCUT2D eigenvalue weighted by Crippen LogP contribution is 2.25. The third kappa shape index (κ3) is 3.56. The Balaban J connectivity index is 3.02. The summed E-state index contributed by atoms with van der Waals surface area (Å²) >= 11 is 0. The molecule has 0 saturated heterocycles. The van der Waals surface area contributed by atoms with E-state index in [-0.39, 0.29) is 5.46 Å². The van der Waals surface area contributed by atoms with E-state index in [1.807, 2.05) is 0 Å². The summed E-state index contributed by atoms with van der Waals surface area (Å²) in [5.74, 6) is -2.33. The molecule has 5 nitrogen and oxygen atoms in total. The molecule has 0 aliphatic heterocycles. The van der Waals surface area contributed by atoms with Gasteiger partial charge in [0.25, 0.3) is 0 Å². The SMILES string of the molecule is CC(C)(O)C(C)(C)OB(O)c1ccc(F)c(C(=O)O)c1. The van der Waals surface area contributed by atoms with Crippen LogP contribution in [0.25, 0.3) is 0 Å². The molecule has 1 aromatic rings. The van der Waals surface area contributed by atoms with E-state index in [0.717, 1.165) is 12.1 Å². The van der Waals surface area contributed by atoms with Gasteiger partial charge in [-0.05, 0) is 45.3 Å². The van der Waals surface area contributed by atoms with Crippen LogP contribution in [-0.4, -0.2) is 39.5 Å². The van der Waals surface area contributed by atoms with Crippen LogP contribution in [0.4, 0.5) is 4.39 Å². The second-order valence-electron chi connectivity index (χ2n) is 5.58. The molecule has 0 spiro atoms. The number of benzene rings is 1. The lowest BCUT2D eigenvalue weighted by molar-refractivity contribution is -0.0982. The Morgan fingerprint density at radius 3 is 2.30 bits per heavy atom. The molecule has 0 unspecified atom stereocenters. The maximum atomic E-state index is 13.3. The maximum absolute atomic E-state index is 13.3. The van der Waals surface area contributed by atoms with Gasteiger partial charge in [-0.15, -0.1) is 0 Å². The molecule has 0 saturated carbocycles. The first-order chi connectivity index (χ1) is 8.95. The zero-order chi connectivity index (χ0) is 15.7. The fourth-order valence-corrected chi connectivity index (χ4v) is 1.35. The van der Waals surface area contributed by atoms with Crippen molar-refractivity contribution in [3.8, 4) is 0 Å². The van der Waals surface area contributed by atoms with Crippen molar-refractivity contribution in [1.29, 1.82) is 0 Å². The van der Waals surface area contributed by atoms with E-state index in [1.54, 1.807) is 13.8 Å². The average molecular weight is 284 g/mol. The normalized spacial score (nSPS) is 12.3. The van der Waals surface area contributed by atoms with Crippen molar-refractivity contribution in [2.75, 3.05) is 0 Å². The number of carboxylic acids is 1. The summed E-state index contributed by atoms with van der Waals surface area (Å²) < 4.78 is 18.6. The van der Waals surface area contributed by atoms with Crippen molar-refractivity contribution >= 4 is 18.6 Å². The Bertz CT molecular complexity index is 510. The number of rotatable bonds is 5. The van der Waals surface area contributed by atoms with Gasteiger partial charge in [0, 0.05) is 0 Å². The Morgan fingerprint density at radius 1 is 1.30 bits per heavy atom. The third-order valence-corrected chi connectivity index (χ3v) is 3.39. The van der Waals surface area contributed by atoms with Crippen LogP contribution < -0.4 is 5.46 Å². The standard InChI is InChI=1S/C13H18BFO5/c1-12(2,18)13(3,4)20-14(19)8-5-6-10(15)9(7-8)11(16)17/h5-7,18-19H,1-4H3,(H,16,17).